The van der Waals surface area contributed by atoms with Crippen LogP contribution in [-0.2, 0) is 0 Å². The standard InChI is InChI=1S/C45H28BN3O2/c1-3-13-30(14-4-1)48(45-33-17-8-7-12-29(33)24-25-47-45)32-22-23-34-35-27-43-37(28-39(35)49(38(34)26-32)31-15-5-2-6-16-31)46-36-18-9-10-19-40(36)50-41-20-11-21-42(51-43)44(41)46/h1-28H. The number of fused-ring (bicyclic) bond motifs is 8. The van der Waals surface area contributed by atoms with E-state index >= 15 is 0 Å². The van der Waals surface area contributed by atoms with E-state index in [0.717, 1.165) is 94.8 Å². The van der Waals surface area contributed by atoms with Crippen molar-refractivity contribution in [2.24, 2.45) is 0 Å². The minimum absolute atomic E-state index is 0.0156. The Morgan fingerprint density at radius 3 is 2.06 bits per heavy atom. The molecule has 0 bridgehead atoms. The smallest absolute Gasteiger partial charge is 0.260 e. The molecule has 4 heterocycles. The van der Waals surface area contributed by atoms with Crippen LogP contribution >= 0.6 is 0 Å². The first-order valence-corrected chi connectivity index (χ1v) is 17.2. The summed E-state index contributed by atoms with van der Waals surface area (Å²) in [5.74, 6) is 4.33. The molecule has 6 heteroatoms. The third-order valence-electron chi connectivity index (χ3n) is 10.3. The van der Waals surface area contributed by atoms with Crippen molar-refractivity contribution < 1.29 is 9.47 Å². The predicted molar refractivity (Wildman–Crippen MR) is 208 cm³/mol. The van der Waals surface area contributed by atoms with Crippen LogP contribution in [0, 0.1) is 0 Å². The van der Waals surface area contributed by atoms with Crippen molar-refractivity contribution in [2.75, 3.05) is 4.90 Å². The Kier molecular flexibility index (Phi) is 5.98. The maximum Gasteiger partial charge on any atom is 0.260 e. The SMILES string of the molecule is c1ccc(N(c2ccc3c4cc5c(cc4n(-c4ccccc4)c3c2)B2c3ccccc3Oc3cccc(c32)O5)c2nccc3ccccc23)cc1. The number of hydrogen-bond donors (Lipinski definition) is 0. The minimum atomic E-state index is -0.0156. The monoisotopic (exact) mass is 653 g/mol. The molecular formula is C45H28BN3O2. The Balaban J connectivity index is 1.19. The normalized spacial score (nSPS) is 12.6. The molecule has 51 heavy (non-hydrogen) atoms. The second kappa shape index (κ2) is 10.9. The Morgan fingerprint density at radius 1 is 0.490 bits per heavy atom. The Bertz CT molecular complexity index is 2830. The molecule has 0 atom stereocenters. The molecule has 238 valence electrons. The van der Waals surface area contributed by atoms with Gasteiger partial charge in [0.15, 0.2) is 0 Å². The number of nitrogens with zero attached hydrogens (tertiary/aromatic N) is 3. The summed E-state index contributed by atoms with van der Waals surface area (Å²) in [6.07, 6.45) is 1.90. The first-order chi connectivity index (χ1) is 25.3. The second-order valence-electron chi connectivity index (χ2n) is 13.1. The first kappa shape index (κ1) is 28.1. The lowest BCUT2D eigenvalue weighted by Crippen LogP contribution is -2.57. The molecule has 0 amide bonds. The minimum Gasteiger partial charge on any atom is -0.458 e. The lowest BCUT2D eigenvalue weighted by Gasteiger charge is -2.32. The van der Waals surface area contributed by atoms with Crippen molar-refractivity contribution in [3.8, 4) is 28.7 Å². The molecule has 0 aliphatic carbocycles. The molecule has 11 rings (SSSR count). The molecule has 5 nitrogen and oxygen atoms in total. The van der Waals surface area contributed by atoms with E-state index in [1.807, 2.05) is 24.4 Å². The maximum atomic E-state index is 6.72. The lowest BCUT2D eigenvalue weighted by molar-refractivity contribution is 0.465. The molecule has 0 saturated carbocycles. The van der Waals surface area contributed by atoms with E-state index < -0.39 is 0 Å². The van der Waals surface area contributed by atoms with Gasteiger partial charge in [-0.1, -0.05) is 91.0 Å². The van der Waals surface area contributed by atoms with Crippen molar-refractivity contribution in [1.82, 2.24) is 9.55 Å². The molecule has 9 aromatic rings. The molecule has 2 aliphatic rings. The van der Waals surface area contributed by atoms with Crippen LogP contribution in [0.15, 0.2) is 170 Å². The van der Waals surface area contributed by atoms with Crippen LogP contribution in [0.5, 0.6) is 23.0 Å². The maximum absolute atomic E-state index is 6.72. The van der Waals surface area contributed by atoms with Crippen LogP contribution in [0.2, 0.25) is 0 Å². The van der Waals surface area contributed by atoms with Gasteiger partial charge in [-0.15, -0.1) is 0 Å². The fourth-order valence-corrected chi connectivity index (χ4v) is 8.12. The highest BCUT2D eigenvalue weighted by molar-refractivity contribution is 6.98. The third kappa shape index (κ3) is 4.20. The molecule has 0 fully saturated rings. The number of anilines is 3. The number of para-hydroxylation sites is 3. The lowest BCUT2D eigenvalue weighted by atomic mass is 9.35. The van der Waals surface area contributed by atoms with Crippen molar-refractivity contribution in [3.05, 3.63) is 170 Å². The summed E-state index contributed by atoms with van der Waals surface area (Å²) in [4.78, 5) is 7.24. The topological polar surface area (TPSA) is 39.5 Å². The number of aromatic nitrogens is 2. The van der Waals surface area contributed by atoms with Gasteiger partial charge in [0.05, 0.1) is 11.0 Å². The molecule has 0 unspecified atom stereocenters. The summed E-state index contributed by atoms with van der Waals surface area (Å²) >= 11 is 0. The average Bonchev–Trinajstić information content (AvgIpc) is 3.50. The zero-order valence-electron chi connectivity index (χ0n) is 27.4. The zero-order valence-corrected chi connectivity index (χ0v) is 27.4. The molecule has 7 aromatic carbocycles. The highest BCUT2D eigenvalue weighted by Crippen LogP contribution is 2.43. The van der Waals surface area contributed by atoms with E-state index in [1.54, 1.807) is 0 Å². The summed E-state index contributed by atoms with van der Waals surface area (Å²) in [5, 5.41) is 4.52. The number of ether oxygens (including phenoxy) is 2. The van der Waals surface area contributed by atoms with Gasteiger partial charge < -0.3 is 14.0 Å². The van der Waals surface area contributed by atoms with E-state index in [2.05, 4.69) is 155 Å². The van der Waals surface area contributed by atoms with E-state index in [0.29, 0.717) is 0 Å². The summed E-state index contributed by atoms with van der Waals surface area (Å²) in [5.41, 5.74) is 8.73. The Labute approximate surface area is 294 Å². The van der Waals surface area contributed by atoms with Crippen molar-refractivity contribution in [1.29, 1.82) is 0 Å². The number of rotatable bonds is 4. The Morgan fingerprint density at radius 2 is 1.20 bits per heavy atom. The van der Waals surface area contributed by atoms with Gasteiger partial charge in [-0.25, -0.2) is 4.98 Å². The van der Waals surface area contributed by atoms with Crippen LogP contribution in [0.25, 0.3) is 38.3 Å². The van der Waals surface area contributed by atoms with E-state index in [4.69, 9.17) is 14.5 Å². The van der Waals surface area contributed by atoms with Gasteiger partial charge in [0.2, 0.25) is 0 Å². The summed E-state index contributed by atoms with van der Waals surface area (Å²) < 4.78 is 15.5. The van der Waals surface area contributed by atoms with Crippen LogP contribution in [0.1, 0.15) is 0 Å². The number of pyridine rings is 1. The van der Waals surface area contributed by atoms with Gasteiger partial charge in [-0.2, -0.15) is 0 Å². The van der Waals surface area contributed by atoms with E-state index in [1.165, 1.54) is 0 Å². The van der Waals surface area contributed by atoms with Crippen molar-refractivity contribution >= 4 is 72.9 Å². The highest BCUT2D eigenvalue weighted by Gasteiger charge is 2.40. The molecule has 0 saturated heterocycles. The molecular weight excluding hydrogens is 625 g/mol. The van der Waals surface area contributed by atoms with Gasteiger partial charge in [0.25, 0.3) is 6.71 Å². The van der Waals surface area contributed by atoms with Gasteiger partial charge in [0.1, 0.15) is 28.8 Å². The fraction of sp³-hybridized carbons (Fsp3) is 0. The van der Waals surface area contributed by atoms with E-state index in [9.17, 15) is 0 Å². The largest absolute Gasteiger partial charge is 0.458 e. The second-order valence-corrected chi connectivity index (χ2v) is 13.1. The molecule has 0 spiro atoms. The van der Waals surface area contributed by atoms with Crippen molar-refractivity contribution in [3.63, 3.8) is 0 Å². The third-order valence-corrected chi connectivity index (χ3v) is 10.3. The van der Waals surface area contributed by atoms with Crippen LogP contribution < -0.4 is 30.8 Å². The van der Waals surface area contributed by atoms with Crippen LogP contribution in [-0.4, -0.2) is 16.3 Å². The highest BCUT2D eigenvalue weighted by atomic mass is 16.5. The van der Waals surface area contributed by atoms with Gasteiger partial charge in [0, 0.05) is 44.9 Å². The first-order valence-electron chi connectivity index (χ1n) is 17.2. The molecule has 0 N–H and O–H groups in total. The number of hydrogen-bond acceptors (Lipinski definition) is 4. The Hall–Kier alpha value is -6.79. The fourth-order valence-electron chi connectivity index (χ4n) is 8.12. The number of benzene rings is 7. The van der Waals surface area contributed by atoms with Gasteiger partial charge in [-0.05, 0) is 89.1 Å². The molecule has 2 aliphatic heterocycles. The van der Waals surface area contributed by atoms with E-state index in [-0.39, 0.29) is 6.71 Å². The van der Waals surface area contributed by atoms with Crippen LogP contribution in [0.4, 0.5) is 17.2 Å². The van der Waals surface area contributed by atoms with Crippen molar-refractivity contribution in [2.45, 2.75) is 0 Å². The summed E-state index contributed by atoms with van der Waals surface area (Å²) in [7, 11) is 0. The average molecular weight is 654 g/mol. The summed E-state index contributed by atoms with van der Waals surface area (Å²) in [6, 6.07) is 57.4. The van der Waals surface area contributed by atoms with Gasteiger partial charge in [-0.3, -0.25) is 4.90 Å². The van der Waals surface area contributed by atoms with Gasteiger partial charge >= 0.3 is 0 Å². The zero-order chi connectivity index (χ0) is 33.5. The molecule has 2 aromatic heterocycles. The molecule has 0 radical (unpaired) electrons. The quantitative estimate of drug-likeness (QED) is 0.178. The predicted octanol–water partition coefficient (Wildman–Crippen LogP) is 9.53. The van der Waals surface area contributed by atoms with Crippen LogP contribution in [0.3, 0.4) is 0 Å². The summed E-state index contributed by atoms with van der Waals surface area (Å²) in [6.45, 7) is -0.0156.